The Labute approximate surface area is 206 Å². The highest BCUT2D eigenvalue weighted by Gasteiger charge is 2.35. The van der Waals surface area contributed by atoms with Gasteiger partial charge in [-0.3, -0.25) is 14.5 Å². The quantitative estimate of drug-likeness (QED) is 0.324. The molecular weight excluding hydrogens is 477 g/mol. The maximum atomic E-state index is 13.3. The van der Waals surface area contributed by atoms with Crippen molar-refractivity contribution in [2.75, 3.05) is 6.61 Å². The zero-order valence-corrected chi connectivity index (χ0v) is 19.9. The molecule has 0 bridgehead atoms. The van der Waals surface area contributed by atoms with E-state index in [-0.39, 0.29) is 16.5 Å². The van der Waals surface area contributed by atoms with Crippen LogP contribution in [0.3, 0.4) is 0 Å². The predicted octanol–water partition coefficient (Wildman–Crippen LogP) is 6.69. The molecular formula is C26H21ClFNO4S. The summed E-state index contributed by atoms with van der Waals surface area (Å²) in [5.74, 6) is 0.216. The number of hydrogen-bond donors (Lipinski definition) is 0. The van der Waals surface area contributed by atoms with Crippen molar-refractivity contribution < 1.29 is 23.5 Å². The normalized spacial score (nSPS) is 14.7. The van der Waals surface area contributed by atoms with Crippen molar-refractivity contribution in [3.63, 3.8) is 0 Å². The van der Waals surface area contributed by atoms with Gasteiger partial charge in [0.15, 0.2) is 11.5 Å². The minimum Gasteiger partial charge on any atom is -0.490 e. The molecule has 0 unspecified atom stereocenters. The minimum absolute atomic E-state index is 0.0302. The highest BCUT2D eigenvalue weighted by molar-refractivity contribution is 8.18. The number of nitrogens with zero attached hydrogens (tertiary/aromatic N) is 1. The molecule has 3 aromatic rings. The molecule has 5 nitrogen and oxygen atoms in total. The fourth-order valence-electron chi connectivity index (χ4n) is 3.35. The van der Waals surface area contributed by atoms with Crippen LogP contribution in [0.4, 0.5) is 9.18 Å². The lowest BCUT2D eigenvalue weighted by molar-refractivity contribution is -0.123. The average Bonchev–Trinajstić information content (AvgIpc) is 3.08. The summed E-state index contributed by atoms with van der Waals surface area (Å²) in [6.07, 6.45) is 1.64. The molecule has 0 N–H and O–H groups in total. The second-order valence-electron chi connectivity index (χ2n) is 7.42. The van der Waals surface area contributed by atoms with Crippen molar-refractivity contribution in [1.82, 2.24) is 4.90 Å². The number of imide groups is 1. The molecule has 0 aliphatic carbocycles. The van der Waals surface area contributed by atoms with E-state index in [1.54, 1.807) is 24.3 Å². The van der Waals surface area contributed by atoms with Crippen LogP contribution in [0.15, 0.2) is 71.6 Å². The molecule has 0 spiro atoms. The molecule has 0 radical (unpaired) electrons. The molecule has 34 heavy (non-hydrogen) atoms. The zero-order chi connectivity index (χ0) is 24.1. The van der Waals surface area contributed by atoms with Crippen LogP contribution in [0, 0.1) is 5.82 Å². The number of halogens is 2. The van der Waals surface area contributed by atoms with Gasteiger partial charge in [0.05, 0.1) is 18.1 Å². The molecule has 4 rings (SSSR count). The summed E-state index contributed by atoms with van der Waals surface area (Å²) in [6, 6.07) is 19.0. The van der Waals surface area contributed by atoms with Gasteiger partial charge in [-0.2, -0.15) is 0 Å². The topological polar surface area (TPSA) is 55.8 Å². The van der Waals surface area contributed by atoms with Gasteiger partial charge >= 0.3 is 0 Å². The largest absolute Gasteiger partial charge is 0.490 e. The molecule has 0 atom stereocenters. The first-order valence-corrected chi connectivity index (χ1v) is 11.8. The summed E-state index contributed by atoms with van der Waals surface area (Å²) in [7, 11) is 0. The molecule has 1 fully saturated rings. The molecule has 0 saturated carbocycles. The van der Waals surface area contributed by atoms with Gasteiger partial charge in [0.1, 0.15) is 12.4 Å². The number of amides is 2. The lowest BCUT2D eigenvalue weighted by Gasteiger charge is -2.14. The Bertz CT molecular complexity index is 1250. The molecule has 8 heteroatoms. The van der Waals surface area contributed by atoms with Crippen molar-refractivity contribution in [2.24, 2.45) is 0 Å². The third-order valence-electron chi connectivity index (χ3n) is 5.02. The van der Waals surface area contributed by atoms with E-state index in [1.165, 1.54) is 12.1 Å². The van der Waals surface area contributed by atoms with Gasteiger partial charge in [0.2, 0.25) is 0 Å². The van der Waals surface area contributed by atoms with Crippen LogP contribution in [0.5, 0.6) is 11.5 Å². The van der Waals surface area contributed by atoms with E-state index in [1.807, 2.05) is 37.3 Å². The van der Waals surface area contributed by atoms with E-state index in [4.69, 9.17) is 21.1 Å². The van der Waals surface area contributed by atoms with Crippen LogP contribution >= 0.6 is 23.4 Å². The number of hydrogen-bond acceptors (Lipinski definition) is 5. The molecule has 0 aromatic heterocycles. The highest BCUT2D eigenvalue weighted by atomic mass is 35.5. The first kappa shape index (κ1) is 23.9. The Morgan fingerprint density at radius 3 is 2.53 bits per heavy atom. The lowest BCUT2D eigenvalue weighted by atomic mass is 10.1. The second kappa shape index (κ2) is 10.8. The molecule has 2 amide bonds. The van der Waals surface area contributed by atoms with Crippen molar-refractivity contribution in [3.8, 4) is 11.5 Å². The summed E-state index contributed by atoms with van der Waals surface area (Å²) in [6.45, 7) is 2.68. The van der Waals surface area contributed by atoms with E-state index < -0.39 is 17.0 Å². The molecule has 1 saturated heterocycles. The Morgan fingerprint density at radius 1 is 1.00 bits per heavy atom. The molecule has 1 heterocycles. The van der Waals surface area contributed by atoms with Crippen molar-refractivity contribution in [3.05, 3.63) is 99.2 Å². The molecule has 1 aliphatic heterocycles. The summed E-state index contributed by atoms with van der Waals surface area (Å²) in [5.41, 5.74) is 2.22. The maximum absolute atomic E-state index is 13.3. The minimum atomic E-state index is -0.482. The fourth-order valence-corrected chi connectivity index (χ4v) is 4.41. The maximum Gasteiger partial charge on any atom is 0.293 e. The van der Waals surface area contributed by atoms with Crippen LogP contribution in [0.2, 0.25) is 5.02 Å². The van der Waals surface area contributed by atoms with E-state index in [0.29, 0.717) is 35.8 Å². The third-order valence-corrected chi connectivity index (χ3v) is 6.28. The summed E-state index contributed by atoms with van der Waals surface area (Å²) in [5, 5.41) is -0.250. The highest BCUT2D eigenvalue weighted by Crippen LogP contribution is 2.36. The number of rotatable bonds is 8. The smallest absolute Gasteiger partial charge is 0.293 e. The van der Waals surface area contributed by atoms with Gasteiger partial charge in [0.25, 0.3) is 11.1 Å². The van der Waals surface area contributed by atoms with E-state index in [0.717, 1.165) is 28.3 Å². The van der Waals surface area contributed by atoms with Crippen molar-refractivity contribution in [2.45, 2.75) is 20.1 Å². The SMILES string of the molecule is CCOc1cc(/C=C2\SC(=O)N(Cc3ccc(F)cc3Cl)C2=O)ccc1OCc1ccccc1. The second-order valence-corrected chi connectivity index (χ2v) is 8.82. The fraction of sp³-hybridized carbons (Fsp3) is 0.154. The van der Waals surface area contributed by atoms with Gasteiger partial charge in [-0.25, -0.2) is 4.39 Å². The van der Waals surface area contributed by atoms with Crippen LogP contribution in [0.25, 0.3) is 6.08 Å². The molecule has 174 valence electrons. The first-order valence-electron chi connectivity index (χ1n) is 10.6. The van der Waals surface area contributed by atoms with Gasteiger partial charge in [0, 0.05) is 5.02 Å². The number of benzene rings is 3. The molecule has 3 aromatic carbocycles. The summed E-state index contributed by atoms with van der Waals surface area (Å²) < 4.78 is 25.0. The number of carbonyl (C=O) groups is 2. The Morgan fingerprint density at radius 2 is 1.79 bits per heavy atom. The lowest BCUT2D eigenvalue weighted by Crippen LogP contribution is -2.27. The monoisotopic (exact) mass is 497 g/mol. The van der Waals surface area contributed by atoms with E-state index >= 15 is 0 Å². The van der Waals surface area contributed by atoms with E-state index in [2.05, 4.69) is 0 Å². The van der Waals surface area contributed by atoms with Crippen molar-refractivity contribution in [1.29, 1.82) is 0 Å². The van der Waals surface area contributed by atoms with Crippen LogP contribution in [0.1, 0.15) is 23.6 Å². The average molecular weight is 498 g/mol. The summed E-state index contributed by atoms with van der Waals surface area (Å²) in [4.78, 5) is 26.7. The van der Waals surface area contributed by atoms with Crippen LogP contribution in [-0.4, -0.2) is 22.7 Å². The molecule has 1 aliphatic rings. The Kier molecular flexibility index (Phi) is 7.55. The van der Waals surface area contributed by atoms with Crippen molar-refractivity contribution >= 4 is 40.6 Å². The van der Waals surface area contributed by atoms with E-state index in [9.17, 15) is 14.0 Å². The number of ether oxygens (including phenoxy) is 2. The van der Waals surface area contributed by atoms with Crippen LogP contribution < -0.4 is 9.47 Å². The standard InChI is InChI=1S/C26H21ClFNO4S/c1-2-32-23-12-18(8-11-22(23)33-16-17-6-4-3-5-7-17)13-24-25(30)29(26(31)34-24)15-19-9-10-20(28)14-21(19)27/h3-14H,2,15-16H2,1H3/b24-13-. The Balaban J connectivity index is 1.51. The predicted molar refractivity (Wildman–Crippen MR) is 131 cm³/mol. The van der Waals surface area contributed by atoms with Gasteiger partial charge < -0.3 is 9.47 Å². The first-order chi connectivity index (χ1) is 16.4. The summed E-state index contributed by atoms with van der Waals surface area (Å²) >= 11 is 6.90. The number of carbonyl (C=O) groups excluding carboxylic acids is 2. The Hall–Kier alpha value is -3.29. The van der Waals surface area contributed by atoms with Gasteiger partial charge in [-0.15, -0.1) is 0 Å². The zero-order valence-electron chi connectivity index (χ0n) is 18.3. The number of thioether (sulfide) groups is 1. The van der Waals surface area contributed by atoms with Gasteiger partial charge in [-0.1, -0.05) is 54.1 Å². The van der Waals surface area contributed by atoms with Crippen LogP contribution in [-0.2, 0) is 17.9 Å². The van der Waals surface area contributed by atoms with Gasteiger partial charge in [-0.05, 0) is 65.7 Å². The third kappa shape index (κ3) is 5.61.